The van der Waals surface area contributed by atoms with E-state index < -0.39 is 0 Å². The smallest absolute Gasteiger partial charge is 0.274 e. The van der Waals surface area contributed by atoms with Gasteiger partial charge in [-0.05, 0) is 64.5 Å². The van der Waals surface area contributed by atoms with Crippen LogP contribution in [-0.4, -0.2) is 39.3 Å². The first-order valence-corrected chi connectivity index (χ1v) is 13.6. The molecule has 9 heteroatoms. The number of thioether (sulfide) groups is 1. The molecule has 1 amide bonds. The Hall–Kier alpha value is -2.39. The molecule has 3 aromatic rings. The Morgan fingerprint density at radius 2 is 1.82 bits per heavy atom. The van der Waals surface area contributed by atoms with E-state index in [0.29, 0.717) is 15.5 Å². The van der Waals surface area contributed by atoms with Crippen molar-refractivity contribution in [3.63, 3.8) is 0 Å². The van der Waals surface area contributed by atoms with E-state index in [4.69, 9.17) is 9.97 Å². The lowest BCUT2D eigenvalue weighted by Gasteiger charge is -2.29. The monoisotopic (exact) mass is 499 g/mol. The van der Waals surface area contributed by atoms with Gasteiger partial charge in [-0.15, -0.1) is 0 Å². The Labute approximate surface area is 209 Å². The van der Waals surface area contributed by atoms with Gasteiger partial charge < -0.3 is 10.2 Å². The summed E-state index contributed by atoms with van der Waals surface area (Å²) in [5.41, 5.74) is 4.49. The van der Waals surface area contributed by atoms with Crippen LogP contribution in [0.25, 0.3) is 10.3 Å². The van der Waals surface area contributed by atoms with E-state index in [0.717, 1.165) is 53.8 Å². The van der Waals surface area contributed by atoms with E-state index in [1.807, 2.05) is 34.6 Å². The van der Waals surface area contributed by atoms with Crippen molar-refractivity contribution in [1.82, 2.24) is 14.5 Å². The molecule has 0 saturated carbocycles. The minimum atomic E-state index is -0.119. The molecule has 0 atom stereocenters. The standard InChI is InChI=1S/C25H33N5O2S2/c1-14(2)30-23(32)21-22(27-24(34-21)29-9-7-15(3)8-10-29)28-25(30)33-13-19(31)26-20-17(5)11-16(4)12-18(20)6/h11-12,14-15H,7-10,13H2,1-6H3,(H,26,31). The van der Waals surface area contributed by atoms with Gasteiger partial charge in [0.1, 0.15) is 4.70 Å². The number of nitrogens with zero attached hydrogens (tertiary/aromatic N) is 4. The minimum absolute atomic E-state index is 0.0714. The molecule has 0 bridgehead atoms. The highest BCUT2D eigenvalue weighted by molar-refractivity contribution is 7.99. The molecule has 1 fully saturated rings. The average molecular weight is 500 g/mol. The zero-order chi connectivity index (χ0) is 24.6. The van der Waals surface area contributed by atoms with Crippen molar-refractivity contribution in [2.24, 2.45) is 5.92 Å². The third kappa shape index (κ3) is 5.15. The molecule has 2 aromatic heterocycles. The number of nitrogens with one attached hydrogen (secondary N) is 1. The van der Waals surface area contributed by atoms with E-state index >= 15 is 0 Å². The zero-order valence-electron chi connectivity index (χ0n) is 20.8. The number of carbonyl (C=O) groups is 1. The summed E-state index contributed by atoms with van der Waals surface area (Å²) in [5.74, 6) is 0.771. The van der Waals surface area contributed by atoms with Gasteiger partial charge in [0, 0.05) is 24.8 Å². The Balaban J connectivity index is 1.57. The summed E-state index contributed by atoms with van der Waals surface area (Å²) in [4.78, 5) is 37.8. The normalized spacial score (nSPS) is 14.9. The predicted octanol–water partition coefficient (Wildman–Crippen LogP) is 5.33. The Bertz CT molecular complexity index is 1250. The first-order chi connectivity index (χ1) is 16.1. The summed E-state index contributed by atoms with van der Waals surface area (Å²) in [5, 5.41) is 4.43. The first-order valence-electron chi connectivity index (χ1n) is 11.8. The van der Waals surface area contributed by atoms with Gasteiger partial charge >= 0.3 is 0 Å². The number of anilines is 2. The highest BCUT2D eigenvalue weighted by Crippen LogP contribution is 2.31. The van der Waals surface area contributed by atoms with E-state index in [9.17, 15) is 9.59 Å². The maximum absolute atomic E-state index is 13.4. The molecule has 182 valence electrons. The largest absolute Gasteiger partial charge is 0.348 e. The number of hydrogen-bond donors (Lipinski definition) is 1. The van der Waals surface area contributed by atoms with Gasteiger partial charge in [-0.3, -0.25) is 14.2 Å². The van der Waals surface area contributed by atoms with Gasteiger partial charge in [-0.25, -0.2) is 4.98 Å². The summed E-state index contributed by atoms with van der Waals surface area (Å²) in [6, 6.07) is 4.05. The fraction of sp³-hybridized carbons (Fsp3) is 0.520. The van der Waals surface area contributed by atoms with Gasteiger partial charge in [-0.1, -0.05) is 47.7 Å². The van der Waals surface area contributed by atoms with Crippen molar-refractivity contribution in [3.05, 3.63) is 39.2 Å². The minimum Gasteiger partial charge on any atom is -0.348 e. The van der Waals surface area contributed by atoms with Crippen LogP contribution >= 0.6 is 23.1 Å². The number of benzene rings is 1. The maximum Gasteiger partial charge on any atom is 0.274 e. The molecule has 0 aliphatic carbocycles. The molecular formula is C25H33N5O2S2. The second kappa shape index (κ2) is 10.1. The van der Waals surface area contributed by atoms with Crippen LogP contribution in [0.15, 0.2) is 22.1 Å². The number of rotatable bonds is 6. The summed E-state index contributed by atoms with van der Waals surface area (Å²) in [7, 11) is 0. The molecular weight excluding hydrogens is 466 g/mol. The van der Waals surface area contributed by atoms with Crippen molar-refractivity contribution in [2.45, 2.75) is 65.6 Å². The first kappa shape index (κ1) is 24.7. The Morgan fingerprint density at radius 3 is 2.44 bits per heavy atom. The Morgan fingerprint density at radius 1 is 1.18 bits per heavy atom. The molecule has 1 aromatic carbocycles. The number of carbonyl (C=O) groups excluding carboxylic acids is 1. The highest BCUT2D eigenvalue weighted by atomic mass is 32.2. The lowest BCUT2D eigenvalue weighted by molar-refractivity contribution is -0.113. The highest BCUT2D eigenvalue weighted by Gasteiger charge is 2.23. The second-order valence-corrected chi connectivity index (χ2v) is 11.5. The van der Waals surface area contributed by atoms with Crippen LogP contribution in [0.4, 0.5) is 10.8 Å². The van der Waals surface area contributed by atoms with Gasteiger partial charge in [0.25, 0.3) is 5.56 Å². The van der Waals surface area contributed by atoms with Crippen LogP contribution in [0.2, 0.25) is 0 Å². The molecule has 1 aliphatic rings. The molecule has 0 spiro atoms. The van der Waals surface area contributed by atoms with Crippen molar-refractivity contribution in [1.29, 1.82) is 0 Å². The van der Waals surface area contributed by atoms with Crippen molar-refractivity contribution in [2.75, 3.05) is 29.1 Å². The maximum atomic E-state index is 13.4. The summed E-state index contributed by atoms with van der Waals surface area (Å²) in [6.45, 7) is 14.2. The molecule has 0 radical (unpaired) electrons. The average Bonchev–Trinajstić information content (AvgIpc) is 3.19. The molecule has 7 nitrogen and oxygen atoms in total. The van der Waals surface area contributed by atoms with E-state index in [1.165, 1.54) is 28.7 Å². The van der Waals surface area contributed by atoms with Gasteiger partial charge in [-0.2, -0.15) is 4.98 Å². The second-order valence-electron chi connectivity index (χ2n) is 9.59. The topological polar surface area (TPSA) is 80.1 Å². The lowest BCUT2D eigenvalue weighted by atomic mass is 10.00. The Kier molecular flexibility index (Phi) is 7.33. The third-order valence-corrected chi connectivity index (χ3v) is 8.31. The predicted molar refractivity (Wildman–Crippen MR) is 143 cm³/mol. The van der Waals surface area contributed by atoms with Crippen LogP contribution in [-0.2, 0) is 4.79 Å². The fourth-order valence-electron chi connectivity index (χ4n) is 4.43. The molecule has 1 saturated heterocycles. The number of aryl methyl sites for hydroxylation is 3. The van der Waals surface area contributed by atoms with Crippen LogP contribution in [0.1, 0.15) is 56.3 Å². The van der Waals surface area contributed by atoms with Crippen LogP contribution < -0.4 is 15.8 Å². The molecule has 1 aliphatic heterocycles. The van der Waals surface area contributed by atoms with Crippen LogP contribution in [0, 0.1) is 26.7 Å². The van der Waals surface area contributed by atoms with E-state index in [1.54, 1.807) is 4.57 Å². The van der Waals surface area contributed by atoms with Crippen molar-refractivity contribution in [3.8, 4) is 0 Å². The van der Waals surface area contributed by atoms with Crippen molar-refractivity contribution >= 4 is 50.2 Å². The third-order valence-electron chi connectivity index (χ3n) is 6.26. The summed E-state index contributed by atoms with van der Waals surface area (Å²) in [6.07, 6.45) is 2.27. The van der Waals surface area contributed by atoms with Crippen molar-refractivity contribution < 1.29 is 4.79 Å². The van der Waals surface area contributed by atoms with Crippen LogP contribution in [0.3, 0.4) is 0 Å². The molecule has 1 N–H and O–H groups in total. The molecule has 4 rings (SSSR count). The number of hydrogen-bond acceptors (Lipinski definition) is 7. The van der Waals surface area contributed by atoms with Crippen LogP contribution in [0.5, 0.6) is 0 Å². The summed E-state index contributed by atoms with van der Waals surface area (Å²) < 4.78 is 2.27. The van der Waals surface area contributed by atoms with Gasteiger partial charge in [0.05, 0.1) is 5.75 Å². The number of piperidine rings is 1. The number of aromatic nitrogens is 3. The number of fused-ring (bicyclic) bond motifs is 1. The van der Waals surface area contributed by atoms with E-state index in [-0.39, 0.29) is 23.3 Å². The number of thiazole rings is 1. The lowest BCUT2D eigenvalue weighted by Crippen LogP contribution is -2.32. The molecule has 3 heterocycles. The fourth-order valence-corrected chi connectivity index (χ4v) is 6.34. The SMILES string of the molecule is Cc1cc(C)c(NC(=O)CSc2nc3nc(N4CCC(C)CC4)sc3c(=O)n2C(C)C)c(C)c1. The summed E-state index contributed by atoms with van der Waals surface area (Å²) >= 11 is 2.72. The van der Waals surface area contributed by atoms with Gasteiger partial charge in [0.15, 0.2) is 15.9 Å². The van der Waals surface area contributed by atoms with E-state index in [2.05, 4.69) is 29.3 Å². The van der Waals surface area contributed by atoms with Gasteiger partial charge in [0.2, 0.25) is 5.91 Å². The molecule has 34 heavy (non-hydrogen) atoms. The molecule has 0 unspecified atom stereocenters. The number of amides is 1. The quantitative estimate of drug-likeness (QED) is 0.365. The zero-order valence-corrected chi connectivity index (χ0v) is 22.4.